The van der Waals surface area contributed by atoms with Crippen LogP contribution in [0.15, 0.2) is 23.3 Å². The first-order chi connectivity index (χ1) is 11.5. The number of hydrogen-bond donors (Lipinski definition) is 2. The number of pyridine rings is 1. The summed E-state index contributed by atoms with van der Waals surface area (Å²) in [6, 6.07) is 2.92. The van der Waals surface area contributed by atoms with Crippen molar-refractivity contribution < 1.29 is 9.53 Å². The maximum atomic E-state index is 12.4. The molecule has 2 heterocycles. The predicted octanol–water partition coefficient (Wildman–Crippen LogP) is 0.709. The summed E-state index contributed by atoms with van der Waals surface area (Å²) in [6.07, 6.45) is 2.21. The van der Waals surface area contributed by atoms with Gasteiger partial charge in [0.1, 0.15) is 12.2 Å². The first-order valence-corrected chi connectivity index (χ1v) is 7.90. The van der Waals surface area contributed by atoms with Gasteiger partial charge in [-0.1, -0.05) is 13.8 Å². The molecular formula is C16H23N5O3. The molecule has 0 saturated heterocycles. The molecule has 2 rings (SSSR count). The smallest absolute Gasteiger partial charge is 0.253 e. The average Bonchev–Trinajstić information content (AvgIpc) is 3.00. The van der Waals surface area contributed by atoms with Gasteiger partial charge < -0.3 is 19.6 Å². The molecule has 0 spiro atoms. The number of amides is 1. The van der Waals surface area contributed by atoms with E-state index in [4.69, 9.17) is 4.74 Å². The molecular weight excluding hydrogens is 310 g/mol. The van der Waals surface area contributed by atoms with Crippen LogP contribution in [-0.4, -0.2) is 45.9 Å². The molecule has 0 saturated carbocycles. The van der Waals surface area contributed by atoms with Gasteiger partial charge in [0.25, 0.3) is 5.91 Å². The second kappa shape index (κ2) is 8.39. The van der Waals surface area contributed by atoms with Crippen molar-refractivity contribution in [1.29, 1.82) is 0 Å². The van der Waals surface area contributed by atoms with E-state index < -0.39 is 0 Å². The summed E-state index contributed by atoms with van der Waals surface area (Å²) < 4.78 is 6.94. The quantitative estimate of drug-likeness (QED) is 0.741. The summed E-state index contributed by atoms with van der Waals surface area (Å²) in [5.74, 6) is 0.632. The van der Waals surface area contributed by atoms with E-state index in [-0.39, 0.29) is 17.4 Å². The fraction of sp³-hybridized carbons (Fsp3) is 0.500. The Balaban J connectivity index is 1.97. The number of rotatable bonds is 8. The highest BCUT2D eigenvalue weighted by Gasteiger charge is 2.14. The topological polar surface area (TPSA) is 102 Å². The van der Waals surface area contributed by atoms with Crippen molar-refractivity contribution in [3.05, 3.63) is 45.9 Å². The van der Waals surface area contributed by atoms with Crippen LogP contribution >= 0.6 is 0 Å². The van der Waals surface area contributed by atoms with Gasteiger partial charge in [-0.25, -0.2) is 0 Å². The molecule has 0 radical (unpaired) electrons. The number of ether oxygens (including phenoxy) is 1. The summed E-state index contributed by atoms with van der Waals surface area (Å²) in [7, 11) is 1.64. The lowest BCUT2D eigenvalue weighted by Crippen LogP contribution is -2.29. The number of nitrogens with zero attached hydrogens (tertiary/aromatic N) is 3. The molecule has 0 fully saturated rings. The third kappa shape index (κ3) is 4.51. The molecule has 0 aliphatic rings. The van der Waals surface area contributed by atoms with Crippen molar-refractivity contribution in [3.8, 4) is 0 Å². The fourth-order valence-corrected chi connectivity index (χ4v) is 2.38. The first-order valence-electron chi connectivity index (χ1n) is 7.90. The lowest BCUT2D eigenvalue weighted by atomic mass is 10.0. The van der Waals surface area contributed by atoms with Gasteiger partial charge in [0.15, 0.2) is 0 Å². The van der Waals surface area contributed by atoms with Crippen LogP contribution in [-0.2, 0) is 17.7 Å². The summed E-state index contributed by atoms with van der Waals surface area (Å²) in [5.41, 5.74) is 0.926. The van der Waals surface area contributed by atoms with Gasteiger partial charge in [0.05, 0.1) is 12.2 Å². The molecule has 2 N–H and O–H groups in total. The first kappa shape index (κ1) is 17.9. The summed E-state index contributed by atoms with van der Waals surface area (Å²) in [6.45, 7) is 5.54. The molecule has 2 aromatic heterocycles. The highest BCUT2D eigenvalue weighted by Crippen LogP contribution is 2.14. The van der Waals surface area contributed by atoms with E-state index in [0.717, 1.165) is 5.82 Å². The minimum atomic E-state index is -0.210. The number of carbonyl (C=O) groups excluding carboxylic acids is 1. The molecule has 1 amide bonds. The predicted molar refractivity (Wildman–Crippen MR) is 89.1 cm³/mol. The van der Waals surface area contributed by atoms with Crippen LogP contribution in [0.2, 0.25) is 0 Å². The number of methoxy groups -OCH3 is 1. The van der Waals surface area contributed by atoms with Crippen LogP contribution in [0.25, 0.3) is 0 Å². The van der Waals surface area contributed by atoms with E-state index in [0.29, 0.717) is 37.4 Å². The summed E-state index contributed by atoms with van der Waals surface area (Å²) in [4.78, 5) is 26.6. The van der Waals surface area contributed by atoms with Crippen molar-refractivity contribution >= 4 is 5.91 Å². The van der Waals surface area contributed by atoms with Crippen LogP contribution in [0.5, 0.6) is 0 Å². The zero-order valence-electron chi connectivity index (χ0n) is 14.2. The van der Waals surface area contributed by atoms with Crippen LogP contribution < -0.4 is 10.9 Å². The molecule has 130 valence electrons. The van der Waals surface area contributed by atoms with Crippen LogP contribution in [0, 0.1) is 0 Å². The zero-order chi connectivity index (χ0) is 17.5. The normalized spacial score (nSPS) is 11.0. The molecule has 0 aliphatic carbocycles. The van der Waals surface area contributed by atoms with E-state index in [1.807, 2.05) is 18.4 Å². The summed E-state index contributed by atoms with van der Waals surface area (Å²) >= 11 is 0. The second-order valence-corrected chi connectivity index (χ2v) is 5.74. The Hall–Kier alpha value is -2.48. The number of hydrogen-bond acceptors (Lipinski definition) is 5. The third-order valence-corrected chi connectivity index (χ3v) is 3.64. The van der Waals surface area contributed by atoms with Gasteiger partial charge in [-0.3, -0.25) is 9.59 Å². The fourth-order valence-electron chi connectivity index (χ4n) is 2.38. The lowest BCUT2D eigenvalue weighted by Gasteiger charge is -2.12. The van der Waals surface area contributed by atoms with Gasteiger partial charge in [-0.15, -0.1) is 10.2 Å². The van der Waals surface area contributed by atoms with Gasteiger partial charge in [-0.05, 0) is 12.0 Å². The highest BCUT2D eigenvalue weighted by atomic mass is 16.5. The van der Waals surface area contributed by atoms with Crippen molar-refractivity contribution in [2.45, 2.75) is 32.7 Å². The lowest BCUT2D eigenvalue weighted by molar-refractivity contribution is 0.0952. The largest absolute Gasteiger partial charge is 0.383 e. The van der Waals surface area contributed by atoms with Crippen molar-refractivity contribution in [3.63, 3.8) is 0 Å². The van der Waals surface area contributed by atoms with E-state index in [1.165, 1.54) is 6.07 Å². The third-order valence-electron chi connectivity index (χ3n) is 3.64. The van der Waals surface area contributed by atoms with E-state index >= 15 is 0 Å². The Labute approximate surface area is 140 Å². The van der Waals surface area contributed by atoms with Gasteiger partial charge >= 0.3 is 0 Å². The number of H-pyrrole nitrogens is 1. The number of nitrogens with one attached hydrogen (secondary N) is 2. The SMILES string of the molecule is COCCn1cnnc1CCNC(=O)c1ccc(=O)[nH]c1C(C)C. The van der Waals surface area contributed by atoms with Crippen LogP contribution in [0.1, 0.15) is 41.6 Å². The maximum absolute atomic E-state index is 12.4. The standard InChI is InChI=1S/C16H23N5O3/c1-11(2)15-12(4-5-14(22)19-15)16(23)17-7-6-13-20-18-10-21(13)8-9-24-3/h4-5,10-11H,6-9H2,1-3H3,(H,17,23)(H,19,22). The van der Waals surface area contributed by atoms with Crippen molar-refractivity contribution in [2.75, 3.05) is 20.3 Å². The average molecular weight is 333 g/mol. The number of carbonyl (C=O) groups is 1. The van der Waals surface area contributed by atoms with Crippen molar-refractivity contribution in [1.82, 2.24) is 25.1 Å². The molecule has 0 unspecified atom stereocenters. The van der Waals surface area contributed by atoms with Gasteiger partial charge in [0.2, 0.25) is 5.56 Å². The zero-order valence-corrected chi connectivity index (χ0v) is 14.2. The van der Waals surface area contributed by atoms with Gasteiger partial charge in [0, 0.05) is 38.4 Å². The Morgan fingerprint density at radius 3 is 2.92 bits per heavy atom. The Kier molecular flexibility index (Phi) is 6.25. The van der Waals surface area contributed by atoms with Gasteiger partial charge in [-0.2, -0.15) is 0 Å². The Morgan fingerprint density at radius 2 is 2.21 bits per heavy atom. The molecule has 0 aromatic carbocycles. The molecule has 0 atom stereocenters. The number of aromatic amines is 1. The molecule has 8 heteroatoms. The van der Waals surface area contributed by atoms with E-state index in [9.17, 15) is 9.59 Å². The Bertz CT molecular complexity index is 735. The van der Waals surface area contributed by atoms with Crippen LogP contribution in [0.3, 0.4) is 0 Å². The minimum Gasteiger partial charge on any atom is -0.383 e. The second-order valence-electron chi connectivity index (χ2n) is 5.74. The van der Waals surface area contributed by atoms with E-state index in [2.05, 4.69) is 20.5 Å². The van der Waals surface area contributed by atoms with E-state index in [1.54, 1.807) is 19.5 Å². The maximum Gasteiger partial charge on any atom is 0.253 e. The molecule has 0 bridgehead atoms. The van der Waals surface area contributed by atoms with Crippen LogP contribution in [0.4, 0.5) is 0 Å². The monoisotopic (exact) mass is 333 g/mol. The molecule has 8 nitrogen and oxygen atoms in total. The molecule has 0 aliphatic heterocycles. The van der Waals surface area contributed by atoms with Crippen molar-refractivity contribution in [2.24, 2.45) is 0 Å². The summed E-state index contributed by atoms with van der Waals surface area (Å²) in [5, 5.41) is 10.8. The number of aromatic nitrogens is 4. The molecule has 2 aromatic rings. The Morgan fingerprint density at radius 1 is 1.42 bits per heavy atom. The minimum absolute atomic E-state index is 0.0526. The highest BCUT2D eigenvalue weighted by molar-refractivity contribution is 5.95. The molecule has 24 heavy (non-hydrogen) atoms.